The van der Waals surface area contributed by atoms with Gasteiger partial charge < -0.3 is 10.4 Å². The molecule has 0 heterocycles. The zero-order chi connectivity index (χ0) is 11.1. The molecule has 0 aliphatic carbocycles. The molecular weight excluding hydrogens is 190 g/mol. The molecule has 1 rings (SSSR count). The van der Waals surface area contributed by atoms with Crippen molar-refractivity contribution in [2.45, 2.75) is 19.8 Å². The second-order valence-electron chi connectivity index (χ2n) is 3.37. The summed E-state index contributed by atoms with van der Waals surface area (Å²) in [4.78, 5) is 11.4. The van der Waals surface area contributed by atoms with E-state index in [1.807, 2.05) is 31.2 Å². The van der Waals surface area contributed by atoms with Crippen LogP contribution in [0.1, 0.15) is 18.1 Å². The Hall–Kier alpha value is -1.35. The molecule has 1 amide bonds. The highest BCUT2D eigenvalue weighted by atomic mass is 16.2. The third kappa shape index (κ3) is 3.72. The number of carbonyl (C=O) groups excluding carboxylic acids is 1. The van der Waals surface area contributed by atoms with Crippen LogP contribution in [0.5, 0.6) is 0 Å². The number of benzene rings is 1. The van der Waals surface area contributed by atoms with Gasteiger partial charge in [0, 0.05) is 13.2 Å². The molecule has 0 aromatic heterocycles. The summed E-state index contributed by atoms with van der Waals surface area (Å²) in [6, 6.07) is 7.71. The summed E-state index contributed by atoms with van der Waals surface area (Å²) in [5, 5.41) is 11.6. The first-order valence-electron chi connectivity index (χ1n) is 5.22. The molecule has 0 atom stereocenters. The Morgan fingerprint density at radius 2 is 2.00 bits per heavy atom. The maximum Gasteiger partial charge on any atom is 0.224 e. The van der Waals surface area contributed by atoms with Crippen LogP contribution in [0.25, 0.3) is 0 Å². The van der Waals surface area contributed by atoms with Crippen molar-refractivity contribution in [2.75, 3.05) is 13.2 Å². The second kappa shape index (κ2) is 6.19. The third-order valence-corrected chi connectivity index (χ3v) is 2.22. The lowest BCUT2D eigenvalue weighted by atomic mass is 10.0. The molecule has 0 saturated carbocycles. The van der Waals surface area contributed by atoms with E-state index < -0.39 is 0 Å². The predicted molar refractivity (Wildman–Crippen MR) is 59.6 cm³/mol. The second-order valence-corrected chi connectivity index (χ2v) is 3.37. The number of carbonyl (C=O) groups is 1. The largest absolute Gasteiger partial charge is 0.396 e. The van der Waals surface area contributed by atoms with Crippen molar-refractivity contribution in [3.8, 4) is 0 Å². The fourth-order valence-corrected chi connectivity index (χ4v) is 1.53. The monoisotopic (exact) mass is 207 g/mol. The first-order chi connectivity index (χ1) is 7.27. The first-order valence-corrected chi connectivity index (χ1v) is 5.22. The zero-order valence-electron chi connectivity index (χ0n) is 8.99. The van der Waals surface area contributed by atoms with E-state index in [1.54, 1.807) is 0 Å². The summed E-state index contributed by atoms with van der Waals surface area (Å²) in [5.74, 6) is 0.0305. The summed E-state index contributed by atoms with van der Waals surface area (Å²) in [6.07, 6.45) is 1.000. The van der Waals surface area contributed by atoms with E-state index >= 15 is 0 Å². The quantitative estimate of drug-likeness (QED) is 0.753. The van der Waals surface area contributed by atoms with Gasteiger partial charge in [-0.25, -0.2) is 0 Å². The Balaban J connectivity index is 2.70. The van der Waals surface area contributed by atoms with E-state index in [1.165, 1.54) is 0 Å². The van der Waals surface area contributed by atoms with Crippen LogP contribution in [0.2, 0.25) is 0 Å². The highest BCUT2D eigenvalue weighted by molar-refractivity contribution is 5.78. The molecule has 0 radical (unpaired) electrons. The first kappa shape index (κ1) is 11.7. The molecular formula is C12H17NO2. The van der Waals surface area contributed by atoms with Gasteiger partial charge in [-0.05, 0) is 24.5 Å². The normalized spacial score (nSPS) is 10.0. The minimum absolute atomic E-state index is 0.0305. The van der Waals surface area contributed by atoms with Crippen molar-refractivity contribution in [2.24, 2.45) is 0 Å². The highest BCUT2D eigenvalue weighted by Gasteiger charge is 2.05. The minimum Gasteiger partial charge on any atom is -0.396 e. The van der Waals surface area contributed by atoms with Gasteiger partial charge in [0.25, 0.3) is 0 Å². The van der Waals surface area contributed by atoms with E-state index in [4.69, 9.17) is 5.11 Å². The standard InChI is InChI=1S/C12H17NO2/c1-2-13-12(15)9-11-6-4-3-5-10(11)7-8-14/h3-6,14H,2,7-9H2,1H3,(H,13,15). The topological polar surface area (TPSA) is 49.3 Å². The molecule has 15 heavy (non-hydrogen) atoms. The maximum absolute atomic E-state index is 11.4. The SMILES string of the molecule is CCNC(=O)Cc1ccccc1CCO. The van der Waals surface area contributed by atoms with Crippen molar-refractivity contribution in [1.82, 2.24) is 5.32 Å². The van der Waals surface area contributed by atoms with Crippen molar-refractivity contribution >= 4 is 5.91 Å². The third-order valence-electron chi connectivity index (χ3n) is 2.22. The van der Waals surface area contributed by atoms with E-state index in [0.717, 1.165) is 11.1 Å². The zero-order valence-corrected chi connectivity index (χ0v) is 8.99. The molecule has 0 aliphatic rings. The lowest BCUT2D eigenvalue weighted by molar-refractivity contribution is -0.120. The highest BCUT2D eigenvalue weighted by Crippen LogP contribution is 2.09. The van der Waals surface area contributed by atoms with Crippen LogP contribution in [-0.4, -0.2) is 24.2 Å². The molecule has 82 valence electrons. The summed E-state index contributed by atoms with van der Waals surface area (Å²) in [5.41, 5.74) is 2.05. The fraction of sp³-hybridized carbons (Fsp3) is 0.417. The van der Waals surface area contributed by atoms with Crippen molar-refractivity contribution < 1.29 is 9.90 Å². The summed E-state index contributed by atoms with van der Waals surface area (Å²) >= 11 is 0. The van der Waals surface area contributed by atoms with Gasteiger partial charge in [0.2, 0.25) is 5.91 Å². The van der Waals surface area contributed by atoms with Crippen LogP contribution in [0.15, 0.2) is 24.3 Å². The van der Waals surface area contributed by atoms with Crippen LogP contribution < -0.4 is 5.32 Å². The van der Waals surface area contributed by atoms with Gasteiger partial charge in [-0.3, -0.25) is 4.79 Å². The number of hydrogen-bond donors (Lipinski definition) is 2. The predicted octanol–water partition coefficient (Wildman–Crippen LogP) is 0.900. The summed E-state index contributed by atoms with van der Waals surface area (Å²) in [6.45, 7) is 2.67. The molecule has 0 unspecified atom stereocenters. The van der Waals surface area contributed by atoms with E-state index in [9.17, 15) is 4.79 Å². The molecule has 0 aliphatic heterocycles. The van der Waals surface area contributed by atoms with Gasteiger partial charge in [0.05, 0.1) is 6.42 Å². The van der Waals surface area contributed by atoms with Gasteiger partial charge >= 0.3 is 0 Å². The van der Waals surface area contributed by atoms with Gasteiger partial charge in [0.15, 0.2) is 0 Å². The minimum atomic E-state index is 0.0305. The fourth-order valence-electron chi connectivity index (χ4n) is 1.53. The number of likely N-dealkylation sites (N-methyl/N-ethyl adjacent to an activating group) is 1. The van der Waals surface area contributed by atoms with Crippen molar-refractivity contribution in [3.63, 3.8) is 0 Å². The Morgan fingerprint density at radius 3 is 2.60 bits per heavy atom. The van der Waals surface area contributed by atoms with Gasteiger partial charge in [0.1, 0.15) is 0 Å². The Bertz CT molecular complexity index is 323. The van der Waals surface area contributed by atoms with Gasteiger partial charge in [-0.15, -0.1) is 0 Å². The number of aliphatic hydroxyl groups is 1. The van der Waals surface area contributed by atoms with Crippen LogP contribution in [0, 0.1) is 0 Å². The Kier molecular flexibility index (Phi) is 4.84. The van der Waals surface area contributed by atoms with Crippen molar-refractivity contribution in [1.29, 1.82) is 0 Å². The molecule has 0 fully saturated rings. The molecule has 0 spiro atoms. The number of rotatable bonds is 5. The molecule has 0 bridgehead atoms. The average Bonchev–Trinajstić information content (AvgIpc) is 2.21. The lowest BCUT2D eigenvalue weighted by Crippen LogP contribution is -2.24. The molecule has 3 nitrogen and oxygen atoms in total. The van der Waals surface area contributed by atoms with E-state index in [-0.39, 0.29) is 12.5 Å². The average molecular weight is 207 g/mol. The van der Waals surface area contributed by atoms with Crippen LogP contribution in [0.3, 0.4) is 0 Å². The Labute approximate surface area is 90.1 Å². The number of aliphatic hydroxyl groups excluding tert-OH is 1. The van der Waals surface area contributed by atoms with Crippen LogP contribution in [-0.2, 0) is 17.6 Å². The summed E-state index contributed by atoms with van der Waals surface area (Å²) < 4.78 is 0. The number of hydrogen-bond acceptors (Lipinski definition) is 2. The Morgan fingerprint density at radius 1 is 1.33 bits per heavy atom. The molecule has 1 aromatic rings. The number of amides is 1. The molecule has 1 aromatic carbocycles. The molecule has 2 N–H and O–H groups in total. The van der Waals surface area contributed by atoms with E-state index in [2.05, 4.69) is 5.32 Å². The lowest BCUT2D eigenvalue weighted by Gasteiger charge is -2.07. The maximum atomic E-state index is 11.4. The smallest absolute Gasteiger partial charge is 0.224 e. The molecule has 0 saturated heterocycles. The van der Waals surface area contributed by atoms with E-state index in [0.29, 0.717) is 19.4 Å². The van der Waals surface area contributed by atoms with Crippen LogP contribution in [0.4, 0.5) is 0 Å². The van der Waals surface area contributed by atoms with Crippen LogP contribution >= 0.6 is 0 Å². The summed E-state index contributed by atoms with van der Waals surface area (Å²) in [7, 11) is 0. The van der Waals surface area contributed by atoms with Gasteiger partial charge in [-0.2, -0.15) is 0 Å². The molecule has 3 heteroatoms. The number of nitrogens with one attached hydrogen (secondary N) is 1. The van der Waals surface area contributed by atoms with Gasteiger partial charge in [-0.1, -0.05) is 24.3 Å². The van der Waals surface area contributed by atoms with Crippen molar-refractivity contribution in [3.05, 3.63) is 35.4 Å².